The molecule has 0 spiro atoms. The quantitative estimate of drug-likeness (QED) is 0.627. The minimum absolute atomic E-state index is 0.272. The van der Waals surface area contributed by atoms with Crippen LogP contribution in [0.5, 0.6) is 5.75 Å². The van der Waals surface area contributed by atoms with Gasteiger partial charge >= 0.3 is 0 Å². The average Bonchev–Trinajstić information content (AvgIpc) is 2.68. The van der Waals surface area contributed by atoms with E-state index in [4.69, 9.17) is 11.2 Å². The maximum absolute atomic E-state index is 12.6. The highest BCUT2D eigenvalue weighted by molar-refractivity contribution is 9.10. The van der Waals surface area contributed by atoms with Crippen LogP contribution < -0.4 is 10.1 Å². The molecule has 0 aliphatic rings. The van der Waals surface area contributed by atoms with E-state index in [2.05, 4.69) is 32.2 Å². The van der Waals surface area contributed by atoms with Crippen molar-refractivity contribution in [2.75, 3.05) is 5.32 Å². The van der Waals surface area contributed by atoms with Crippen molar-refractivity contribution in [1.82, 2.24) is 4.98 Å². The first kappa shape index (κ1) is 17.7. The Balaban J connectivity index is 1.79. The predicted molar refractivity (Wildman–Crippen MR) is 105 cm³/mol. The van der Waals surface area contributed by atoms with Crippen molar-refractivity contribution in [2.24, 2.45) is 0 Å². The summed E-state index contributed by atoms with van der Waals surface area (Å²) in [5.74, 6) is 2.81. The van der Waals surface area contributed by atoms with Gasteiger partial charge in [0.15, 0.2) is 0 Å². The van der Waals surface area contributed by atoms with Gasteiger partial charge in [0.05, 0.1) is 17.4 Å². The first-order valence-corrected chi connectivity index (χ1v) is 8.64. The summed E-state index contributed by atoms with van der Waals surface area (Å²) in [6, 6.07) is 16.4. The maximum Gasteiger partial charge on any atom is 0.259 e. The molecule has 1 N–H and O–H groups in total. The van der Waals surface area contributed by atoms with Crippen molar-refractivity contribution < 1.29 is 9.53 Å². The molecule has 3 aromatic rings. The number of pyridine rings is 1. The normalized spacial score (nSPS) is 10.0. The fourth-order valence-corrected chi connectivity index (χ4v) is 2.71. The van der Waals surface area contributed by atoms with E-state index in [-0.39, 0.29) is 5.91 Å². The van der Waals surface area contributed by atoms with E-state index in [1.165, 1.54) is 0 Å². The fourth-order valence-electron chi connectivity index (χ4n) is 2.35. The van der Waals surface area contributed by atoms with E-state index in [9.17, 15) is 4.79 Å². The molecule has 5 heteroatoms. The number of rotatable bonds is 5. The molecule has 128 valence electrons. The minimum atomic E-state index is -0.272. The Morgan fingerprint density at radius 1 is 1.19 bits per heavy atom. The number of halogens is 1. The van der Waals surface area contributed by atoms with E-state index in [0.717, 1.165) is 15.6 Å². The molecule has 1 aromatic heterocycles. The van der Waals surface area contributed by atoms with E-state index in [0.29, 0.717) is 23.6 Å². The van der Waals surface area contributed by atoms with Gasteiger partial charge in [-0.3, -0.25) is 9.78 Å². The van der Waals surface area contributed by atoms with Crippen LogP contribution >= 0.6 is 15.9 Å². The topological polar surface area (TPSA) is 51.2 Å². The Morgan fingerprint density at radius 3 is 2.85 bits per heavy atom. The van der Waals surface area contributed by atoms with Gasteiger partial charge in [-0.25, -0.2) is 0 Å². The molecule has 1 amide bonds. The Bertz CT molecular complexity index is 965. The van der Waals surface area contributed by atoms with Crippen LogP contribution in [0.2, 0.25) is 0 Å². The van der Waals surface area contributed by atoms with Gasteiger partial charge in [0, 0.05) is 16.2 Å². The van der Waals surface area contributed by atoms with E-state index < -0.39 is 0 Å². The number of nitrogens with zero attached hydrogens (tertiary/aromatic N) is 1. The average molecular weight is 407 g/mol. The zero-order valence-corrected chi connectivity index (χ0v) is 15.4. The van der Waals surface area contributed by atoms with Crippen LogP contribution in [0.25, 0.3) is 0 Å². The van der Waals surface area contributed by atoms with Gasteiger partial charge in [-0.05, 0) is 48.0 Å². The lowest BCUT2D eigenvalue weighted by Crippen LogP contribution is -2.14. The van der Waals surface area contributed by atoms with Gasteiger partial charge in [0.25, 0.3) is 5.91 Å². The molecule has 3 rings (SSSR count). The molecule has 2 aromatic carbocycles. The molecule has 26 heavy (non-hydrogen) atoms. The second kappa shape index (κ2) is 8.32. The second-order valence-corrected chi connectivity index (χ2v) is 6.39. The molecule has 0 atom stereocenters. The van der Waals surface area contributed by atoms with Crippen molar-refractivity contribution in [1.29, 1.82) is 0 Å². The summed E-state index contributed by atoms with van der Waals surface area (Å²) in [7, 11) is 0. The minimum Gasteiger partial charge on any atom is -0.488 e. The number of hydrogen-bond donors (Lipinski definition) is 1. The standard InChI is InChI=1S/C21H15BrN2O2/c1-2-15-5-3-6-16(11-15)14-26-20-9-8-17(22)12-19(20)21(25)24-18-7-4-10-23-13-18/h1,3-13H,14H2,(H,24,25). The van der Waals surface area contributed by atoms with E-state index in [1.54, 1.807) is 36.7 Å². The third-order valence-electron chi connectivity index (χ3n) is 3.59. The maximum atomic E-state index is 12.6. The monoisotopic (exact) mass is 406 g/mol. The number of amides is 1. The van der Waals surface area contributed by atoms with Gasteiger partial charge in [0.2, 0.25) is 0 Å². The van der Waals surface area contributed by atoms with Crippen molar-refractivity contribution in [3.05, 3.63) is 88.2 Å². The van der Waals surface area contributed by atoms with Crippen molar-refractivity contribution >= 4 is 27.5 Å². The van der Waals surface area contributed by atoms with Crippen molar-refractivity contribution in [2.45, 2.75) is 6.61 Å². The van der Waals surface area contributed by atoms with Gasteiger partial charge < -0.3 is 10.1 Å². The fraction of sp³-hybridized carbons (Fsp3) is 0.0476. The molecule has 1 heterocycles. The highest BCUT2D eigenvalue weighted by Gasteiger charge is 2.14. The number of nitrogens with one attached hydrogen (secondary N) is 1. The SMILES string of the molecule is C#Cc1cccc(COc2ccc(Br)cc2C(=O)Nc2cccnc2)c1. The third kappa shape index (κ3) is 4.50. The Labute approximate surface area is 160 Å². The van der Waals surface area contributed by atoms with Crippen molar-refractivity contribution in [3.8, 4) is 18.1 Å². The van der Waals surface area contributed by atoms with Crippen LogP contribution in [0.4, 0.5) is 5.69 Å². The van der Waals surface area contributed by atoms with Gasteiger partial charge in [-0.15, -0.1) is 6.42 Å². The first-order chi connectivity index (χ1) is 12.7. The zero-order chi connectivity index (χ0) is 18.4. The number of aromatic nitrogens is 1. The molecule has 0 fully saturated rings. The van der Waals surface area contributed by atoms with Gasteiger partial charge in [-0.1, -0.05) is 34.0 Å². The molecule has 0 saturated carbocycles. The summed E-state index contributed by atoms with van der Waals surface area (Å²) in [4.78, 5) is 16.6. The molecule has 0 unspecified atom stereocenters. The van der Waals surface area contributed by atoms with Crippen LogP contribution in [0, 0.1) is 12.3 Å². The molecular formula is C21H15BrN2O2. The summed E-state index contributed by atoms with van der Waals surface area (Å²) in [6.45, 7) is 0.310. The molecule has 0 saturated heterocycles. The lowest BCUT2D eigenvalue weighted by atomic mass is 10.1. The second-order valence-electron chi connectivity index (χ2n) is 5.47. The number of hydrogen-bond acceptors (Lipinski definition) is 3. The third-order valence-corrected chi connectivity index (χ3v) is 4.09. The van der Waals surface area contributed by atoms with Crippen LogP contribution in [0.15, 0.2) is 71.5 Å². The summed E-state index contributed by atoms with van der Waals surface area (Å²) >= 11 is 3.39. The Hall–Kier alpha value is -3.10. The zero-order valence-electron chi connectivity index (χ0n) is 13.8. The number of benzene rings is 2. The molecule has 0 aliphatic heterocycles. The number of anilines is 1. The van der Waals surface area contributed by atoms with Crippen LogP contribution in [0.3, 0.4) is 0 Å². The highest BCUT2D eigenvalue weighted by Crippen LogP contribution is 2.25. The predicted octanol–water partition coefficient (Wildman–Crippen LogP) is 4.66. The van der Waals surface area contributed by atoms with Crippen LogP contribution in [-0.2, 0) is 6.61 Å². The van der Waals surface area contributed by atoms with Crippen LogP contribution in [0.1, 0.15) is 21.5 Å². The molecule has 0 radical (unpaired) electrons. The molecule has 0 aliphatic carbocycles. The number of carbonyl (C=O) groups is 1. The molecule has 4 nitrogen and oxygen atoms in total. The molecule has 0 bridgehead atoms. The number of ether oxygens (including phenoxy) is 1. The number of carbonyl (C=O) groups excluding carboxylic acids is 1. The summed E-state index contributed by atoms with van der Waals surface area (Å²) < 4.78 is 6.66. The summed E-state index contributed by atoms with van der Waals surface area (Å²) in [6.07, 6.45) is 8.66. The number of terminal acetylenes is 1. The summed E-state index contributed by atoms with van der Waals surface area (Å²) in [5.41, 5.74) is 2.76. The summed E-state index contributed by atoms with van der Waals surface area (Å²) in [5, 5.41) is 2.81. The largest absolute Gasteiger partial charge is 0.488 e. The Morgan fingerprint density at radius 2 is 2.08 bits per heavy atom. The van der Waals surface area contributed by atoms with Gasteiger partial charge in [0.1, 0.15) is 12.4 Å². The lowest BCUT2D eigenvalue weighted by molar-refractivity contribution is 0.102. The highest BCUT2D eigenvalue weighted by atomic mass is 79.9. The first-order valence-electron chi connectivity index (χ1n) is 7.85. The van der Waals surface area contributed by atoms with Gasteiger partial charge in [-0.2, -0.15) is 0 Å². The van der Waals surface area contributed by atoms with Crippen molar-refractivity contribution in [3.63, 3.8) is 0 Å². The molecular weight excluding hydrogens is 392 g/mol. The van der Waals surface area contributed by atoms with Crippen LogP contribution in [-0.4, -0.2) is 10.9 Å². The lowest BCUT2D eigenvalue weighted by Gasteiger charge is -2.12. The Kier molecular flexibility index (Phi) is 5.67. The van der Waals surface area contributed by atoms with E-state index >= 15 is 0 Å². The smallest absolute Gasteiger partial charge is 0.259 e. The van der Waals surface area contributed by atoms with E-state index in [1.807, 2.05) is 30.3 Å².